The Morgan fingerprint density at radius 3 is 1.92 bits per heavy atom. The van der Waals surface area contributed by atoms with Crippen LogP contribution in [0, 0.1) is 6.42 Å². The lowest BCUT2D eigenvalue weighted by Gasteiger charge is -2.35. The van der Waals surface area contributed by atoms with Crippen molar-refractivity contribution in [2.24, 2.45) is 0 Å². The molecule has 0 heterocycles. The maximum absolute atomic E-state index is 9.65. The lowest BCUT2D eigenvalue weighted by Crippen LogP contribution is -2.54. The molecular weight excluding hydrogens is 176 g/mol. The summed E-state index contributed by atoms with van der Waals surface area (Å²) in [4.78, 5) is 0. The van der Waals surface area contributed by atoms with Crippen LogP contribution in [0.2, 0.25) is 0 Å². The second kappa shape index (κ2) is 4.88. The number of aliphatic hydroxyl groups excluding tert-OH is 4. The van der Waals surface area contributed by atoms with E-state index in [0.29, 0.717) is 0 Å². The second-order valence-electron chi connectivity index (χ2n) is 3.17. The molecule has 0 rings (SSSR count). The van der Waals surface area contributed by atoms with Crippen molar-refractivity contribution in [1.82, 2.24) is 0 Å². The topological polar surface area (TPSA) is 101 Å². The summed E-state index contributed by atoms with van der Waals surface area (Å²) >= 11 is 0. The Morgan fingerprint density at radius 2 is 1.69 bits per heavy atom. The van der Waals surface area contributed by atoms with Gasteiger partial charge in [0.25, 0.3) is 0 Å². The first kappa shape index (κ1) is 12.8. The maximum atomic E-state index is 9.65. The van der Waals surface area contributed by atoms with Crippen LogP contribution in [0.5, 0.6) is 0 Å². The van der Waals surface area contributed by atoms with Crippen molar-refractivity contribution >= 4 is 0 Å². The van der Waals surface area contributed by atoms with E-state index < -0.39 is 30.5 Å². The van der Waals surface area contributed by atoms with Crippen LogP contribution in [-0.4, -0.2) is 56.1 Å². The molecule has 79 valence electrons. The summed E-state index contributed by atoms with van der Waals surface area (Å²) in [5.41, 5.74) is -1.98. The molecule has 0 spiro atoms. The van der Waals surface area contributed by atoms with E-state index in [1.165, 1.54) is 13.8 Å². The van der Waals surface area contributed by atoms with E-state index in [-0.39, 0.29) is 0 Å². The fourth-order valence-corrected chi connectivity index (χ4v) is 1.06. The molecule has 0 saturated heterocycles. The lowest BCUT2D eigenvalue weighted by molar-refractivity contribution is -0.139. The molecule has 0 saturated carbocycles. The third-order valence-corrected chi connectivity index (χ3v) is 1.88. The lowest BCUT2D eigenvalue weighted by atomic mass is 9.86. The molecule has 0 aromatic rings. The zero-order chi connectivity index (χ0) is 10.6. The van der Waals surface area contributed by atoms with Crippen LogP contribution < -0.4 is 0 Å². The summed E-state index contributed by atoms with van der Waals surface area (Å²) in [6.07, 6.45) is -2.79. The van der Waals surface area contributed by atoms with E-state index in [2.05, 4.69) is 0 Å². The third kappa shape index (κ3) is 3.21. The number of rotatable bonds is 5. The van der Waals surface area contributed by atoms with Gasteiger partial charge in [-0.05, 0) is 13.8 Å². The monoisotopic (exact) mass is 193 g/mol. The first-order valence-electron chi connectivity index (χ1n) is 4.08. The molecule has 0 bridgehead atoms. The molecule has 0 fully saturated rings. The van der Waals surface area contributed by atoms with E-state index in [1.807, 2.05) is 0 Å². The molecular formula is C8H17O5. The van der Waals surface area contributed by atoms with Crippen molar-refractivity contribution in [1.29, 1.82) is 0 Å². The summed E-state index contributed by atoms with van der Waals surface area (Å²) in [6.45, 7) is 1.94. The van der Waals surface area contributed by atoms with Gasteiger partial charge >= 0.3 is 0 Å². The molecule has 0 aromatic carbocycles. The van der Waals surface area contributed by atoms with Gasteiger partial charge in [0.2, 0.25) is 0 Å². The van der Waals surface area contributed by atoms with Crippen LogP contribution in [0.3, 0.4) is 0 Å². The molecule has 0 aliphatic carbocycles. The molecule has 0 aliphatic rings. The van der Waals surface area contributed by atoms with Crippen LogP contribution in [0.4, 0.5) is 0 Å². The van der Waals surface area contributed by atoms with Crippen molar-refractivity contribution < 1.29 is 25.5 Å². The first-order valence-corrected chi connectivity index (χ1v) is 4.08. The molecule has 5 N–H and O–H groups in total. The SMILES string of the molecule is CC(O)[CH]C(O)(C(C)O)C(O)CO. The zero-order valence-corrected chi connectivity index (χ0v) is 7.75. The van der Waals surface area contributed by atoms with Gasteiger partial charge in [0.1, 0.15) is 11.7 Å². The summed E-state index contributed by atoms with van der Waals surface area (Å²) < 4.78 is 0. The van der Waals surface area contributed by atoms with Crippen molar-refractivity contribution in [3.63, 3.8) is 0 Å². The molecule has 4 atom stereocenters. The predicted molar refractivity (Wildman–Crippen MR) is 45.7 cm³/mol. The van der Waals surface area contributed by atoms with E-state index in [9.17, 15) is 10.2 Å². The van der Waals surface area contributed by atoms with Crippen LogP contribution in [-0.2, 0) is 0 Å². The maximum Gasteiger partial charge on any atom is 0.124 e. The van der Waals surface area contributed by atoms with Crippen molar-refractivity contribution in [2.75, 3.05) is 6.61 Å². The Balaban J connectivity index is 4.52. The normalized spacial score (nSPS) is 23.3. The van der Waals surface area contributed by atoms with Crippen molar-refractivity contribution in [2.45, 2.75) is 37.8 Å². The summed E-state index contributed by atoms with van der Waals surface area (Å²) in [5.74, 6) is 0. The Kier molecular flexibility index (Phi) is 4.80. The van der Waals surface area contributed by atoms with Gasteiger partial charge in [-0.3, -0.25) is 0 Å². The van der Waals surface area contributed by atoms with Gasteiger partial charge < -0.3 is 25.5 Å². The van der Waals surface area contributed by atoms with Gasteiger partial charge in [-0.1, -0.05) is 0 Å². The second-order valence-corrected chi connectivity index (χ2v) is 3.17. The standard InChI is InChI=1S/C8H17O5/c1-5(10)3-8(13,6(2)11)7(12)4-9/h3,5-7,9-13H,4H2,1-2H3. The minimum absolute atomic E-state index is 0.690. The fraction of sp³-hybridized carbons (Fsp3) is 0.875. The molecule has 1 radical (unpaired) electrons. The Bertz CT molecular complexity index is 147. The quantitative estimate of drug-likeness (QED) is 0.349. The number of hydrogen-bond donors (Lipinski definition) is 5. The largest absolute Gasteiger partial charge is 0.394 e. The summed E-state index contributed by atoms with van der Waals surface area (Å²) in [5, 5.41) is 45.6. The Labute approximate surface area is 77.3 Å². The fourth-order valence-electron chi connectivity index (χ4n) is 1.06. The smallest absolute Gasteiger partial charge is 0.124 e. The van der Waals surface area contributed by atoms with Gasteiger partial charge in [0, 0.05) is 6.42 Å². The average Bonchev–Trinajstić information content (AvgIpc) is 2.01. The highest BCUT2D eigenvalue weighted by atomic mass is 16.4. The predicted octanol–water partition coefficient (Wildman–Crippen LogP) is -1.96. The van der Waals surface area contributed by atoms with Crippen molar-refractivity contribution in [3.05, 3.63) is 6.42 Å². The molecule has 5 heteroatoms. The van der Waals surface area contributed by atoms with E-state index in [4.69, 9.17) is 15.3 Å². The minimum atomic E-state index is -1.98. The highest BCUT2D eigenvalue weighted by Gasteiger charge is 2.41. The Hall–Kier alpha value is -0.200. The van der Waals surface area contributed by atoms with E-state index in [1.54, 1.807) is 0 Å². The van der Waals surface area contributed by atoms with E-state index >= 15 is 0 Å². The number of aliphatic hydroxyl groups is 5. The summed E-state index contributed by atoms with van der Waals surface area (Å²) in [6, 6.07) is 0. The number of hydrogen-bond acceptors (Lipinski definition) is 5. The molecule has 13 heavy (non-hydrogen) atoms. The summed E-state index contributed by atoms with van der Waals surface area (Å²) in [7, 11) is 0. The van der Waals surface area contributed by atoms with Gasteiger partial charge in [0.05, 0.1) is 18.8 Å². The van der Waals surface area contributed by atoms with Gasteiger partial charge in [0.15, 0.2) is 0 Å². The highest BCUT2D eigenvalue weighted by Crippen LogP contribution is 2.21. The molecule has 0 aromatic heterocycles. The van der Waals surface area contributed by atoms with Crippen LogP contribution >= 0.6 is 0 Å². The van der Waals surface area contributed by atoms with Crippen LogP contribution in [0.25, 0.3) is 0 Å². The van der Waals surface area contributed by atoms with Crippen LogP contribution in [0.1, 0.15) is 13.8 Å². The minimum Gasteiger partial charge on any atom is -0.394 e. The molecule has 0 amide bonds. The Morgan fingerprint density at radius 1 is 1.23 bits per heavy atom. The third-order valence-electron chi connectivity index (χ3n) is 1.88. The van der Waals surface area contributed by atoms with E-state index in [0.717, 1.165) is 6.42 Å². The van der Waals surface area contributed by atoms with Crippen molar-refractivity contribution in [3.8, 4) is 0 Å². The van der Waals surface area contributed by atoms with Crippen LogP contribution in [0.15, 0.2) is 0 Å². The first-order chi connectivity index (χ1) is 5.84. The van der Waals surface area contributed by atoms with Gasteiger partial charge in [-0.15, -0.1) is 0 Å². The van der Waals surface area contributed by atoms with Gasteiger partial charge in [-0.25, -0.2) is 0 Å². The molecule has 5 nitrogen and oxygen atoms in total. The molecule has 4 unspecified atom stereocenters. The average molecular weight is 193 g/mol. The van der Waals surface area contributed by atoms with Gasteiger partial charge in [-0.2, -0.15) is 0 Å². The zero-order valence-electron chi connectivity index (χ0n) is 7.75. The molecule has 0 aliphatic heterocycles. The highest BCUT2D eigenvalue weighted by molar-refractivity contribution is 5.04.